The lowest BCUT2D eigenvalue weighted by molar-refractivity contribution is 1.13. The summed E-state index contributed by atoms with van der Waals surface area (Å²) >= 11 is 0. The Bertz CT molecular complexity index is 453. The largest absolute Gasteiger partial charge is 0.115 e. The Morgan fingerprint density at radius 1 is 1.26 bits per heavy atom. The lowest BCUT2D eigenvalue weighted by Gasteiger charge is -2.02. The SMILES string of the molecule is C#C/C=C(\C=C/Cc1ccccc1)C(=C)CC.CC. The smallest absolute Gasteiger partial charge is 0.00465 e. The fraction of sp³-hybridized carbons (Fsp3) is 0.263. The summed E-state index contributed by atoms with van der Waals surface area (Å²) in [6, 6.07) is 10.3. The molecule has 0 aliphatic rings. The van der Waals surface area contributed by atoms with E-state index in [-0.39, 0.29) is 0 Å². The van der Waals surface area contributed by atoms with Gasteiger partial charge in [0.25, 0.3) is 0 Å². The first-order chi connectivity index (χ1) is 9.27. The monoisotopic (exact) mass is 252 g/mol. The van der Waals surface area contributed by atoms with Crippen LogP contribution in [0.25, 0.3) is 0 Å². The van der Waals surface area contributed by atoms with Crippen LogP contribution in [0.5, 0.6) is 0 Å². The predicted molar refractivity (Wildman–Crippen MR) is 87.0 cm³/mol. The summed E-state index contributed by atoms with van der Waals surface area (Å²) in [6.45, 7) is 10.1. The van der Waals surface area contributed by atoms with Crippen molar-refractivity contribution in [3.05, 3.63) is 71.8 Å². The number of benzene rings is 1. The molecular weight excluding hydrogens is 228 g/mol. The second-order valence-corrected chi connectivity index (χ2v) is 3.82. The lowest BCUT2D eigenvalue weighted by Crippen LogP contribution is -1.84. The van der Waals surface area contributed by atoms with Crippen molar-refractivity contribution in [1.29, 1.82) is 0 Å². The van der Waals surface area contributed by atoms with E-state index in [9.17, 15) is 0 Å². The molecule has 0 bridgehead atoms. The van der Waals surface area contributed by atoms with Crippen molar-refractivity contribution in [3.63, 3.8) is 0 Å². The van der Waals surface area contributed by atoms with E-state index in [0.717, 1.165) is 24.0 Å². The number of terminal acetylenes is 1. The van der Waals surface area contributed by atoms with Crippen LogP contribution < -0.4 is 0 Å². The summed E-state index contributed by atoms with van der Waals surface area (Å²) in [5, 5.41) is 0. The van der Waals surface area contributed by atoms with Gasteiger partial charge < -0.3 is 0 Å². The van der Waals surface area contributed by atoms with Gasteiger partial charge in [-0.05, 0) is 35.6 Å². The van der Waals surface area contributed by atoms with Crippen LogP contribution in [0.15, 0.2) is 66.3 Å². The highest BCUT2D eigenvalue weighted by Gasteiger charge is 1.95. The maximum Gasteiger partial charge on any atom is -0.00465 e. The van der Waals surface area contributed by atoms with Gasteiger partial charge >= 0.3 is 0 Å². The van der Waals surface area contributed by atoms with E-state index in [2.05, 4.69) is 43.7 Å². The van der Waals surface area contributed by atoms with Crippen LogP contribution in [-0.4, -0.2) is 0 Å². The van der Waals surface area contributed by atoms with E-state index in [0.29, 0.717) is 0 Å². The lowest BCUT2D eigenvalue weighted by atomic mass is 10.0. The van der Waals surface area contributed by atoms with Gasteiger partial charge in [-0.3, -0.25) is 0 Å². The van der Waals surface area contributed by atoms with E-state index >= 15 is 0 Å². The van der Waals surface area contributed by atoms with Gasteiger partial charge in [-0.1, -0.05) is 75.8 Å². The summed E-state index contributed by atoms with van der Waals surface area (Å²) in [4.78, 5) is 0. The topological polar surface area (TPSA) is 0 Å². The zero-order chi connectivity index (χ0) is 14.5. The summed E-state index contributed by atoms with van der Waals surface area (Å²) in [6.07, 6.45) is 13.1. The van der Waals surface area contributed by atoms with Crippen molar-refractivity contribution in [2.24, 2.45) is 0 Å². The maximum atomic E-state index is 5.30. The predicted octanol–water partition coefficient (Wildman–Crippen LogP) is 5.34. The van der Waals surface area contributed by atoms with E-state index in [1.54, 1.807) is 6.08 Å². The van der Waals surface area contributed by atoms with E-state index in [4.69, 9.17) is 6.42 Å². The zero-order valence-corrected chi connectivity index (χ0v) is 12.3. The number of rotatable bonds is 5. The van der Waals surface area contributed by atoms with Crippen molar-refractivity contribution >= 4 is 0 Å². The fourth-order valence-corrected chi connectivity index (χ4v) is 1.50. The Kier molecular flexibility index (Phi) is 9.94. The molecular formula is C19H24. The molecule has 0 N–H and O–H groups in total. The molecule has 0 aliphatic heterocycles. The minimum atomic E-state index is 0.916. The first kappa shape index (κ1) is 17.0. The Labute approximate surface area is 118 Å². The quantitative estimate of drug-likeness (QED) is 0.490. The normalized spacial score (nSPS) is 10.5. The average Bonchev–Trinajstić information content (AvgIpc) is 2.49. The molecule has 0 spiro atoms. The number of hydrogen-bond acceptors (Lipinski definition) is 0. The van der Waals surface area contributed by atoms with Crippen LogP contribution >= 0.6 is 0 Å². The highest BCUT2D eigenvalue weighted by atomic mass is 14.0. The third-order valence-corrected chi connectivity index (χ3v) is 2.57. The highest BCUT2D eigenvalue weighted by molar-refractivity contribution is 5.42. The first-order valence-electron chi connectivity index (χ1n) is 6.82. The minimum Gasteiger partial charge on any atom is -0.115 e. The third kappa shape index (κ3) is 7.11. The standard InChI is InChI=1S/C17H18.C2H6/c1-4-10-17(15(3)5-2)14-9-13-16-11-7-6-8-12-16;1-2/h1,6-12,14H,3,5,13H2,2H3;1-2H3/b14-9-,17-10+;. The van der Waals surface area contributed by atoms with Gasteiger partial charge in [0.1, 0.15) is 0 Å². The molecule has 0 unspecified atom stereocenters. The van der Waals surface area contributed by atoms with Crippen LogP contribution in [0.3, 0.4) is 0 Å². The van der Waals surface area contributed by atoms with Crippen molar-refractivity contribution in [1.82, 2.24) is 0 Å². The van der Waals surface area contributed by atoms with Crippen molar-refractivity contribution in [3.8, 4) is 12.3 Å². The van der Waals surface area contributed by atoms with Crippen LogP contribution in [0.2, 0.25) is 0 Å². The molecule has 0 aromatic heterocycles. The molecule has 0 amide bonds. The summed E-state index contributed by atoms with van der Waals surface area (Å²) < 4.78 is 0. The first-order valence-corrected chi connectivity index (χ1v) is 6.82. The maximum absolute atomic E-state index is 5.30. The van der Waals surface area contributed by atoms with Gasteiger partial charge in [0, 0.05) is 0 Å². The van der Waals surface area contributed by atoms with Gasteiger partial charge in [-0.15, -0.1) is 6.42 Å². The Morgan fingerprint density at radius 2 is 1.89 bits per heavy atom. The zero-order valence-electron chi connectivity index (χ0n) is 12.3. The Morgan fingerprint density at radius 3 is 2.42 bits per heavy atom. The Balaban J connectivity index is 0.00000154. The second kappa shape index (κ2) is 11.1. The molecule has 1 aromatic rings. The molecule has 0 saturated heterocycles. The molecule has 0 atom stereocenters. The van der Waals surface area contributed by atoms with Gasteiger partial charge in [0.2, 0.25) is 0 Å². The van der Waals surface area contributed by atoms with Crippen LogP contribution in [-0.2, 0) is 6.42 Å². The van der Waals surface area contributed by atoms with E-state index in [1.165, 1.54) is 5.56 Å². The van der Waals surface area contributed by atoms with Gasteiger partial charge in [0.05, 0.1) is 0 Å². The van der Waals surface area contributed by atoms with E-state index in [1.807, 2.05) is 32.0 Å². The van der Waals surface area contributed by atoms with Crippen molar-refractivity contribution in [2.45, 2.75) is 33.6 Å². The molecule has 0 saturated carbocycles. The van der Waals surface area contributed by atoms with Crippen molar-refractivity contribution < 1.29 is 0 Å². The van der Waals surface area contributed by atoms with Crippen LogP contribution in [0.4, 0.5) is 0 Å². The third-order valence-electron chi connectivity index (χ3n) is 2.57. The minimum absolute atomic E-state index is 0.916. The molecule has 1 aromatic carbocycles. The molecule has 100 valence electrons. The van der Waals surface area contributed by atoms with Gasteiger partial charge in [-0.25, -0.2) is 0 Å². The molecule has 19 heavy (non-hydrogen) atoms. The molecule has 0 fully saturated rings. The molecule has 1 rings (SSSR count). The van der Waals surface area contributed by atoms with Crippen LogP contribution in [0.1, 0.15) is 32.8 Å². The summed E-state index contributed by atoms with van der Waals surface area (Å²) in [7, 11) is 0. The molecule has 0 heteroatoms. The van der Waals surface area contributed by atoms with Crippen LogP contribution in [0, 0.1) is 12.3 Å². The number of hydrogen-bond donors (Lipinski definition) is 0. The molecule has 0 radical (unpaired) electrons. The highest BCUT2D eigenvalue weighted by Crippen LogP contribution is 2.13. The summed E-state index contributed by atoms with van der Waals surface area (Å²) in [5.41, 5.74) is 3.42. The molecule has 0 heterocycles. The molecule has 0 aliphatic carbocycles. The molecule has 0 nitrogen and oxygen atoms in total. The number of allylic oxidation sites excluding steroid dienone is 5. The van der Waals surface area contributed by atoms with E-state index < -0.39 is 0 Å². The Hall–Kier alpha value is -2.00. The summed E-state index contributed by atoms with van der Waals surface area (Å²) in [5.74, 6) is 2.56. The average molecular weight is 252 g/mol. The second-order valence-electron chi connectivity index (χ2n) is 3.82. The van der Waals surface area contributed by atoms with Crippen molar-refractivity contribution in [2.75, 3.05) is 0 Å². The van der Waals surface area contributed by atoms with Gasteiger partial charge in [-0.2, -0.15) is 0 Å². The van der Waals surface area contributed by atoms with Gasteiger partial charge in [0.15, 0.2) is 0 Å². The fourth-order valence-electron chi connectivity index (χ4n) is 1.50.